The van der Waals surface area contributed by atoms with Gasteiger partial charge in [-0.05, 0) is 24.0 Å². The van der Waals surface area contributed by atoms with Gasteiger partial charge in [0.2, 0.25) is 0 Å². The van der Waals surface area contributed by atoms with Gasteiger partial charge in [0.15, 0.2) is 0 Å². The maximum Gasteiger partial charge on any atom is 0.106 e. The Labute approximate surface area is 129 Å². The highest BCUT2D eigenvalue weighted by Crippen LogP contribution is 2.25. The van der Waals surface area contributed by atoms with Crippen LogP contribution in [0, 0.1) is 0 Å². The van der Waals surface area contributed by atoms with Crippen LogP contribution in [-0.4, -0.2) is 19.3 Å². The molecule has 1 heterocycles. The van der Waals surface area contributed by atoms with Gasteiger partial charge in [0.25, 0.3) is 0 Å². The molecule has 1 aliphatic rings. The van der Waals surface area contributed by atoms with E-state index in [1.807, 2.05) is 0 Å². The molecule has 0 radical (unpaired) electrons. The van der Waals surface area contributed by atoms with Crippen LogP contribution in [-0.2, 0) is 15.9 Å². The van der Waals surface area contributed by atoms with Crippen LogP contribution >= 0.6 is 0 Å². The third kappa shape index (κ3) is 5.44. The fraction of sp³-hybridized carbons (Fsp3) is 0.684. The molecule has 21 heavy (non-hydrogen) atoms. The van der Waals surface area contributed by atoms with E-state index in [2.05, 4.69) is 38.1 Å². The fourth-order valence-electron chi connectivity index (χ4n) is 2.85. The van der Waals surface area contributed by atoms with E-state index >= 15 is 0 Å². The molecule has 0 saturated carbocycles. The van der Waals surface area contributed by atoms with Crippen LogP contribution < -0.4 is 0 Å². The zero-order valence-electron chi connectivity index (χ0n) is 13.6. The molecular weight excluding hydrogens is 260 g/mol. The number of rotatable bonds is 8. The second-order valence-electron chi connectivity index (χ2n) is 6.08. The van der Waals surface area contributed by atoms with Gasteiger partial charge in [-0.2, -0.15) is 0 Å². The maximum absolute atomic E-state index is 6.00. The Morgan fingerprint density at radius 3 is 2.29 bits per heavy atom. The molecule has 1 aromatic carbocycles. The summed E-state index contributed by atoms with van der Waals surface area (Å²) in [5.74, 6) is 0. The molecule has 1 fully saturated rings. The molecule has 0 unspecified atom stereocenters. The predicted molar refractivity (Wildman–Crippen MR) is 87.6 cm³/mol. The number of ether oxygens (including phenoxy) is 2. The van der Waals surface area contributed by atoms with Crippen molar-refractivity contribution in [2.75, 3.05) is 13.2 Å². The van der Waals surface area contributed by atoms with Crippen LogP contribution in [0.4, 0.5) is 0 Å². The Morgan fingerprint density at radius 2 is 1.67 bits per heavy atom. The van der Waals surface area contributed by atoms with Crippen molar-refractivity contribution in [3.63, 3.8) is 0 Å². The van der Waals surface area contributed by atoms with Gasteiger partial charge >= 0.3 is 0 Å². The van der Waals surface area contributed by atoms with Gasteiger partial charge in [-0.3, -0.25) is 0 Å². The lowest BCUT2D eigenvalue weighted by molar-refractivity contribution is -0.137. The highest BCUT2D eigenvalue weighted by atomic mass is 16.6. The summed E-state index contributed by atoms with van der Waals surface area (Å²) < 4.78 is 12.0. The van der Waals surface area contributed by atoms with Gasteiger partial charge in [-0.15, -0.1) is 0 Å². The fourth-order valence-corrected chi connectivity index (χ4v) is 2.85. The first-order valence-electron chi connectivity index (χ1n) is 8.65. The average molecular weight is 290 g/mol. The number of unbranched alkanes of at least 4 members (excludes halogenated alkanes) is 4. The second kappa shape index (κ2) is 9.22. The Hall–Kier alpha value is -0.860. The van der Waals surface area contributed by atoms with Crippen molar-refractivity contribution in [3.8, 4) is 0 Å². The Balaban J connectivity index is 1.67. The first-order valence-corrected chi connectivity index (χ1v) is 8.65. The summed E-state index contributed by atoms with van der Waals surface area (Å²) in [6.45, 7) is 5.88. The summed E-state index contributed by atoms with van der Waals surface area (Å²) >= 11 is 0. The minimum atomic E-state index is 0.118. The van der Waals surface area contributed by atoms with E-state index < -0.39 is 0 Å². The molecule has 118 valence electrons. The Morgan fingerprint density at radius 1 is 0.905 bits per heavy atom. The van der Waals surface area contributed by atoms with E-state index in [1.165, 1.54) is 43.2 Å². The Kier molecular flexibility index (Phi) is 7.25. The summed E-state index contributed by atoms with van der Waals surface area (Å²) in [6.07, 6.45) is 9.27. The van der Waals surface area contributed by atoms with E-state index in [9.17, 15) is 0 Å². The predicted octanol–water partition coefficient (Wildman–Crippen LogP) is 5.07. The van der Waals surface area contributed by atoms with Crippen LogP contribution in [0.3, 0.4) is 0 Å². The van der Waals surface area contributed by atoms with Crippen molar-refractivity contribution in [1.82, 2.24) is 0 Å². The van der Waals surface area contributed by atoms with Crippen LogP contribution in [0.2, 0.25) is 0 Å². The number of benzene rings is 1. The lowest BCUT2D eigenvalue weighted by Gasteiger charge is -2.30. The van der Waals surface area contributed by atoms with Gasteiger partial charge < -0.3 is 9.47 Å². The normalized spacial score (nSPS) is 22.4. The van der Waals surface area contributed by atoms with E-state index in [1.54, 1.807) is 0 Å². The standard InChI is InChI=1S/C19H30O2/c1-3-5-6-7-8-9-18-14-21-19(15-20-18)17-12-10-16(4-2)11-13-17/h10-13,18-19H,3-9,14-15H2,1-2H3/t18-,19-/m0/s1. The topological polar surface area (TPSA) is 18.5 Å². The zero-order chi connectivity index (χ0) is 14.9. The van der Waals surface area contributed by atoms with Gasteiger partial charge in [0.05, 0.1) is 19.3 Å². The molecule has 2 atom stereocenters. The molecule has 2 rings (SSSR count). The van der Waals surface area contributed by atoms with Gasteiger partial charge in [-0.1, -0.05) is 70.2 Å². The van der Waals surface area contributed by atoms with Crippen molar-refractivity contribution in [2.45, 2.75) is 71.0 Å². The van der Waals surface area contributed by atoms with Crippen molar-refractivity contribution in [2.24, 2.45) is 0 Å². The summed E-state index contributed by atoms with van der Waals surface area (Å²) in [4.78, 5) is 0. The molecule has 1 aliphatic heterocycles. The first-order chi connectivity index (χ1) is 10.3. The quantitative estimate of drug-likeness (QED) is 0.623. The second-order valence-corrected chi connectivity index (χ2v) is 6.08. The molecule has 0 bridgehead atoms. The zero-order valence-corrected chi connectivity index (χ0v) is 13.6. The van der Waals surface area contributed by atoms with E-state index in [-0.39, 0.29) is 6.10 Å². The molecule has 2 nitrogen and oxygen atoms in total. The summed E-state index contributed by atoms with van der Waals surface area (Å²) in [5, 5.41) is 0. The SMILES string of the molecule is CCCCCCC[C@H]1CO[C@H](c2ccc(CC)cc2)CO1. The summed E-state index contributed by atoms with van der Waals surface area (Å²) in [6, 6.07) is 8.74. The monoisotopic (exact) mass is 290 g/mol. The van der Waals surface area contributed by atoms with E-state index in [0.29, 0.717) is 12.7 Å². The lowest BCUT2D eigenvalue weighted by Crippen LogP contribution is -2.31. The molecule has 0 spiro atoms. The van der Waals surface area contributed by atoms with E-state index in [4.69, 9.17) is 9.47 Å². The van der Waals surface area contributed by atoms with Gasteiger partial charge in [-0.25, -0.2) is 0 Å². The molecule has 0 N–H and O–H groups in total. The lowest BCUT2D eigenvalue weighted by atomic mass is 10.0. The highest BCUT2D eigenvalue weighted by Gasteiger charge is 2.23. The van der Waals surface area contributed by atoms with Crippen molar-refractivity contribution < 1.29 is 9.47 Å². The van der Waals surface area contributed by atoms with Crippen LogP contribution in [0.15, 0.2) is 24.3 Å². The maximum atomic E-state index is 6.00. The van der Waals surface area contributed by atoms with Crippen LogP contribution in [0.25, 0.3) is 0 Å². The third-order valence-corrected chi connectivity index (χ3v) is 4.36. The van der Waals surface area contributed by atoms with Crippen molar-refractivity contribution in [3.05, 3.63) is 35.4 Å². The van der Waals surface area contributed by atoms with Gasteiger partial charge in [0, 0.05) is 0 Å². The molecule has 1 aromatic rings. The van der Waals surface area contributed by atoms with Crippen LogP contribution in [0.1, 0.15) is 69.6 Å². The molecular formula is C19H30O2. The molecule has 2 heteroatoms. The highest BCUT2D eigenvalue weighted by molar-refractivity contribution is 5.24. The van der Waals surface area contributed by atoms with Crippen LogP contribution in [0.5, 0.6) is 0 Å². The summed E-state index contributed by atoms with van der Waals surface area (Å²) in [5.41, 5.74) is 2.62. The molecule has 1 saturated heterocycles. The number of hydrogen-bond acceptors (Lipinski definition) is 2. The minimum Gasteiger partial charge on any atom is -0.373 e. The minimum absolute atomic E-state index is 0.118. The first kappa shape index (κ1) is 16.5. The van der Waals surface area contributed by atoms with Crippen molar-refractivity contribution >= 4 is 0 Å². The van der Waals surface area contributed by atoms with Gasteiger partial charge in [0.1, 0.15) is 6.10 Å². The average Bonchev–Trinajstić information content (AvgIpc) is 2.55. The number of aryl methyl sites for hydroxylation is 1. The molecule has 0 aromatic heterocycles. The molecule has 0 aliphatic carbocycles. The Bertz CT molecular complexity index is 377. The largest absolute Gasteiger partial charge is 0.373 e. The summed E-state index contributed by atoms with van der Waals surface area (Å²) in [7, 11) is 0. The van der Waals surface area contributed by atoms with E-state index in [0.717, 1.165) is 19.4 Å². The molecule has 0 amide bonds. The van der Waals surface area contributed by atoms with Crippen molar-refractivity contribution in [1.29, 1.82) is 0 Å². The number of hydrogen-bond donors (Lipinski definition) is 0. The smallest absolute Gasteiger partial charge is 0.106 e. The third-order valence-electron chi connectivity index (χ3n) is 4.36.